The molecule has 1 aromatic carbocycles. The third-order valence-corrected chi connectivity index (χ3v) is 5.25. The highest BCUT2D eigenvalue weighted by molar-refractivity contribution is 5.89. The molecule has 2 saturated heterocycles. The molecule has 1 aromatic rings. The highest BCUT2D eigenvalue weighted by atomic mass is 16.8. The van der Waals surface area contributed by atoms with Crippen LogP contribution in [0.2, 0.25) is 0 Å². The number of hydrogen-bond acceptors (Lipinski definition) is 7. The Kier molecular flexibility index (Phi) is 4.36. The fraction of sp³-hybridized carbons (Fsp3) is 0.650. The van der Waals surface area contributed by atoms with Crippen LogP contribution in [0.1, 0.15) is 44.5 Å². The molecular formula is C20H26O7. The molecule has 0 bridgehead atoms. The molecule has 1 aliphatic carbocycles. The Morgan fingerprint density at radius 2 is 1.81 bits per heavy atom. The number of ether oxygens (including phenoxy) is 5. The van der Waals surface area contributed by atoms with Crippen molar-refractivity contribution in [2.45, 2.75) is 75.7 Å². The van der Waals surface area contributed by atoms with Crippen LogP contribution in [-0.2, 0) is 23.7 Å². The summed E-state index contributed by atoms with van der Waals surface area (Å²) in [7, 11) is 0. The predicted molar refractivity (Wildman–Crippen MR) is 93.9 cm³/mol. The molecule has 0 aromatic heterocycles. The molecule has 1 N–H and O–H groups in total. The summed E-state index contributed by atoms with van der Waals surface area (Å²) in [6, 6.07) is 8.76. The largest absolute Gasteiger partial charge is 0.459 e. The van der Waals surface area contributed by atoms with Crippen LogP contribution in [-0.4, -0.2) is 59.3 Å². The Bertz CT molecular complexity index is 716. The molecule has 3 fully saturated rings. The van der Waals surface area contributed by atoms with E-state index in [2.05, 4.69) is 0 Å². The summed E-state index contributed by atoms with van der Waals surface area (Å²) in [4.78, 5) is 12.4. The van der Waals surface area contributed by atoms with Crippen LogP contribution >= 0.6 is 0 Å². The van der Waals surface area contributed by atoms with Crippen molar-refractivity contribution in [2.24, 2.45) is 0 Å². The molecular weight excluding hydrogens is 352 g/mol. The van der Waals surface area contributed by atoms with Crippen LogP contribution < -0.4 is 0 Å². The van der Waals surface area contributed by atoms with E-state index in [1.165, 1.54) is 0 Å². The molecule has 148 valence electrons. The normalized spacial score (nSPS) is 38.9. The summed E-state index contributed by atoms with van der Waals surface area (Å²) in [6.07, 6.45) is -2.13. The fourth-order valence-corrected chi connectivity index (χ4v) is 4.36. The van der Waals surface area contributed by atoms with Crippen molar-refractivity contribution in [3.63, 3.8) is 0 Å². The minimum absolute atomic E-state index is 0.0428. The van der Waals surface area contributed by atoms with Gasteiger partial charge in [-0.05, 0) is 39.8 Å². The van der Waals surface area contributed by atoms with Gasteiger partial charge in [-0.25, -0.2) is 4.79 Å². The molecule has 0 spiro atoms. The van der Waals surface area contributed by atoms with E-state index in [0.29, 0.717) is 12.0 Å². The second-order valence-corrected chi connectivity index (χ2v) is 8.38. The highest BCUT2D eigenvalue weighted by Crippen LogP contribution is 2.49. The van der Waals surface area contributed by atoms with Crippen LogP contribution in [0.3, 0.4) is 0 Å². The summed E-state index contributed by atoms with van der Waals surface area (Å²) in [5, 5.41) is 10.9. The van der Waals surface area contributed by atoms with Crippen molar-refractivity contribution in [1.29, 1.82) is 0 Å². The van der Waals surface area contributed by atoms with Crippen LogP contribution in [0.25, 0.3) is 0 Å². The number of carbonyl (C=O) groups is 1. The lowest BCUT2D eigenvalue weighted by molar-refractivity contribution is -0.184. The van der Waals surface area contributed by atoms with E-state index in [9.17, 15) is 9.90 Å². The Morgan fingerprint density at radius 3 is 2.52 bits per heavy atom. The van der Waals surface area contributed by atoms with Crippen LogP contribution in [0.15, 0.2) is 30.3 Å². The zero-order chi connectivity index (χ0) is 19.4. The molecule has 27 heavy (non-hydrogen) atoms. The van der Waals surface area contributed by atoms with Gasteiger partial charge in [-0.1, -0.05) is 18.2 Å². The maximum Gasteiger partial charge on any atom is 0.338 e. The van der Waals surface area contributed by atoms with E-state index in [4.69, 9.17) is 23.7 Å². The third-order valence-electron chi connectivity index (χ3n) is 5.25. The van der Waals surface area contributed by atoms with E-state index in [1.54, 1.807) is 38.1 Å². The van der Waals surface area contributed by atoms with E-state index in [1.807, 2.05) is 19.9 Å². The lowest BCUT2D eigenvalue weighted by Crippen LogP contribution is -2.62. The van der Waals surface area contributed by atoms with E-state index in [-0.39, 0.29) is 12.7 Å². The lowest BCUT2D eigenvalue weighted by Gasteiger charge is -2.42. The van der Waals surface area contributed by atoms with Crippen molar-refractivity contribution in [3.05, 3.63) is 35.9 Å². The van der Waals surface area contributed by atoms with Gasteiger partial charge in [0.25, 0.3) is 0 Å². The topological polar surface area (TPSA) is 83.5 Å². The summed E-state index contributed by atoms with van der Waals surface area (Å²) >= 11 is 0. The van der Waals surface area contributed by atoms with Gasteiger partial charge in [-0.3, -0.25) is 0 Å². The van der Waals surface area contributed by atoms with Crippen molar-refractivity contribution in [1.82, 2.24) is 0 Å². The van der Waals surface area contributed by atoms with E-state index >= 15 is 0 Å². The van der Waals surface area contributed by atoms with Gasteiger partial charge in [0.2, 0.25) is 0 Å². The standard InChI is InChI=1S/C20H26O7/c1-18(2)24-13-10-20(11-23-17(22)12-8-6-5-7-9-12)16(14(21)15(13)25-18)26-19(3,4)27-20/h5-9,13-16,21H,10-11H2,1-4H3/t13-,14-,15-,16+,20+/m1/s1. The molecule has 4 rings (SSSR count). The fourth-order valence-electron chi connectivity index (χ4n) is 4.36. The SMILES string of the molecule is CC1(C)O[C@H]2[C@@H](O)[C@@H]3OC(C)(C)O[C@]3(COC(=O)c3ccccc3)C[C@H]2O1. The monoisotopic (exact) mass is 378 g/mol. The molecule has 2 heterocycles. The number of esters is 1. The van der Waals surface area contributed by atoms with Crippen molar-refractivity contribution < 1.29 is 33.6 Å². The number of carbonyl (C=O) groups excluding carboxylic acids is 1. The van der Waals surface area contributed by atoms with Crippen LogP contribution in [0.4, 0.5) is 0 Å². The number of aliphatic hydroxyl groups is 1. The Labute approximate surface area is 158 Å². The van der Waals surface area contributed by atoms with Gasteiger partial charge in [0.1, 0.15) is 30.5 Å². The first-order valence-electron chi connectivity index (χ1n) is 9.25. The first kappa shape index (κ1) is 18.8. The molecule has 1 saturated carbocycles. The Hall–Kier alpha value is -1.51. The first-order chi connectivity index (χ1) is 12.6. The molecule has 0 radical (unpaired) electrons. The van der Waals surface area contributed by atoms with E-state index in [0.717, 1.165) is 0 Å². The number of hydrogen-bond donors (Lipinski definition) is 1. The second kappa shape index (κ2) is 6.25. The lowest BCUT2D eigenvalue weighted by atomic mass is 9.77. The number of fused-ring (bicyclic) bond motifs is 2. The molecule has 0 amide bonds. The third kappa shape index (κ3) is 3.39. The summed E-state index contributed by atoms with van der Waals surface area (Å²) in [6.45, 7) is 7.13. The minimum atomic E-state index is -1.00. The number of benzene rings is 1. The van der Waals surface area contributed by atoms with Gasteiger partial charge in [-0.2, -0.15) is 0 Å². The van der Waals surface area contributed by atoms with Crippen molar-refractivity contribution >= 4 is 5.97 Å². The molecule has 7 nitrogen and oxygen atoms in total. The van der Waals surface area contributed by atoms with Gasteiger partial charge in [0.05, 0.1) is 11.7 Å². The molecule has 3 aliphatic rings. The summed E-state index contributed by atoms with van der Waals surface area (Å²) in [5.74, 6) is -2.16. The quantitative estimate of drug-likeness (QED) is 0.806. The molecule has 0 unspecified atom stereocenters. The van der Waals surface area contributed by atoms with Crippen LogP contribution in [0.5, 0.6) is 0 Å². The smallest absolute Gasteiger partial charge is 0.338 e. The number of rotatable bonds is 3. The zero-order valence-electron chi connectivity index (χ0n) is 16.0. The Balaban J connectivity index is 1.57. The maximum atomic E-state index is 12.4. The van der Waals surface area contributed by atoms with Crippen molar-refractivity contribution in [2.75, 3.05) is 6.61 Å². The van der Waals surface area contributed by atoms with Gasteiger partial charge >= 0.3 is 5.97 Å². The average Bonchev–Trinajstić information content (AvgIpc) is 3.05. The average molecular weight is 378 g/mol. The zero-order valence-corrected chi connectivity index (χ0v) is 16.0. The van der Waals surface area contributed by atoms with Gasteiger partial charge in [0, 0.05) is 6.42 Å². The molecule has 5 atom stereocenters. The van der Waals surface area contributed by atoms with E-state index < -0.39 is 41.5 Å². The van der Waals surface area contributed by atoms with Crippen LogP contribution in [0, 0.1) is 0 Å². The van der Waals surface area contributed by atoms with Gasteiger partial charge in [-0.15, -0.1) is 0 Å². The van der Waals surface area contributed by atoms with Gasteiger partial charge < -0.3 is 28.8 Å². The molecule has 2 aliphatic heterocycles. The Morgan fingerprint density at radius 1 is 1.11 bits per heavy atom. The second-order valence-electron chi connectivity index (χ2n) is 8.38. The predicted octanol–water partition coefficient (Wildman–Crippen LogP) is 2.02. The number of aliphatic hydroxyl groups excluding tert-OH is 1. The first-order valence-corrected chi connectivity index (χ1v) is 9.25. The highest BCUT2D eigenvalue weighted by Gasteiger charge is 2.66. The summed E-state index contributed by atoms with van der Waals surface area (Å²) < 4.78 is 29.5. The summed E-state index contributed by atoms with van der Waals surface area (Å²) in [5.41, 5.74) is -0.544. The minimum Gasteiger partial charge on any atom is -0.459 e. The maximum absolute atomic E-state index is 12.4. The van der Waals surface area contributed by atoms with Crippen molar-refractivity contribution in [3.8, 4) is 0 Å². The molecule has 7 heteroatoms. The van der Waals surface area contributed by atoms with Gasteiger partial charge in [0.15, 0.2) is 11.6 Å².